The van der Waals surface area contributed by atoms with Crippen molar-refractivity contribution in [3.05, 3.63) is 29.6 Å². The van der Waals surface area contributed by atoms with Crippen molar-refractivity contribution in [3.8, 4) is 11.3 Å². The first-order valence-electron chi connectivity index (χ1n) is 5.47. The summed E-state index contributed by atoms with van der Waals surface area (Å²) in [5, 5.41) is 7.05. The number of aromatic nitrogens is 3. The first-order valence-corrected chi connectivity index (χ1v) is 5.47. The van der Waals surface area contributed by atoms with E-state index < -0.39 is 0 Å². The molecular weight excluding hydrogens is 200 g/mol. The summed E-state index contributed by atoms with van der Waals surface area (Å²) in [6.07, 6.45) is 5.66. The molecule has 0 spiro atoms. The molecule has 2 aromatic rings. The zero-order valence-electron chi connectivity index (χ0n) is 9.62. The van der Waals surface area contributed by atoms with E-state index >= 15 is 0 Å². The van der Waals surface area contributed by atoms with Gasteiger partial charge < -0.3 is 5.73 Å². The minimum Gasteiger partial charge on any atom is -0.382 e. The molecule has 0 aromatic carbocycles. The molecule has 0 radical (unpaired) electrons. The van der Waals surface area contributed by atoms with Crippen LogP contribution in [-0.2, 0) is 6.42 Å². The van der Waals surface area contributed by atoms with E-state index in [1.165, 1.54) is 0 Å². The molecule has 4 nitrogen and oxygen atoms in total. The third kappa shape index (κ3) is 1.91. The lowest BCUT2D eigenvalue weighted by atomic mass is 10.0. The van der Waals surface area contributed by atoms with Crippen molar-refractivity contribution in [1.29, 1.82) is 0 Å². The Bertz CT molecular complexity index is 488. The summed E-state index contributed by atoms with van der Waals surface area (Å²) < 4.78 is 0. The molecule has 84 valence electrons. The third-order valence-electron chi connectivity index (χ3n) is 2.56. The summed E-state index contributed by atoms with van der Waals surface area (Å²) in [6.45, 7) is 4.15. The third-order valence-corrected chi connectivity index (χ3v) is 2.56. The lowest BCUT2D eigenvalue weighted by molar-refractivity contribution is 0.926. The maximum atomic E-state index is 5.84. The molecule has 4 heteroatoms. The fourth-order valence-corrected chi connectivity index (χ4v) is 1.81. The Labute approximate surface area is 94.9 Å². The smallest absolute Gasteiger partial charge is 0.149 e. The number of pyridine rings is 1. The van der Waals surface area contributed by atoms with Crippen molar-refractivity contribution in [3.63, 3.8) is 0 Å². The van der Waals surface area contributed by atoms with Crippen molar-refractivity contribution in [2.45, 2.75) is 26.7 Å². The van der Waals surface area contributed by atoms with Crippen LogP contribution in [-0.4, -0.2) is 15.2 Å². The fraction of sp³-hybridized carbons (Fsp3) is 0.333. The van der Waals surface area contributed by atoms with Gasteiger partial charge in [0.25, 0.3) is 0 Å². The van der Waals surface area contributed by atoms with Crippen LogP contribution < -0.4 is 5.73 Å². The van der Waals surface area contributed by atoms with E-state index in [-0.39, 0.29) is 0 Å². The standard InChI is InChI=1S/C12H16N4/c1-3-4-10-11(15-16-12(10)13)9-5-8(2)6-14-7-9/h5-7H,3-4H2,1-2H3,(H3,13,15,16). The summed E-state index contributed by atoms with van der Waals surface area (Å²) in [7, 11) is 0. The molecule has 2 heterocycles. The number of aryl methyl sites for hydroxylation is 1. The second kappa shape index (κ2) is 4.35. The summed E-state index contributed by atoms with van der Waals surface area (Å²) in [5.41, 5.74) is 10.1. The van der Waals surface area contributed by atoms with Gasteiger partial charge in [0.1, 0.15) is 5.82 Å². The van der Waals surface area contributed by atoms with Gasteiger partial charge in [-0.05, 0) is 25.0 Å². The maximum absolute atomic E-state index is 5.84. The molecule has 0 aliphatic heterocycles. The van der Waals surface area contributed by atoms with E-state index in [0.29, 0.717) is 5.82 Å². The molecule has 2 aromatic heterocycles. The minimum absolute atomic E-state index is 0.596. The fourth-order valence-electron chi connectivity index (χ4n) is 1.81. The SMILES string of the molecule is CCCc1c(N)n[nH]c1-c1cncc(C)c1. The first kappa shape index (κ1) is 10.7. The molecule has 0 saturated heterocycles. The van der Waals surface area contributed by atoms with Crippen LogP contribution >= 0.6 is 0 Å². The summed E-state index contributed by atoms with van der Waals surface area (Å²) in [4.78, 5) is 4.18. The molecule has 2 rings (SSSR count). The molecule has 0 bridgehead atoms. The van der Waals surface area contributed by atoms with Crippen LogP contribution in [0.25, 0.3) is 11.3 Å². The molecule has 0 atom stereocenters. The first-order chi connectivity index (χ1) is 7.72. The predicted molar refractivity (Wildman–Crippen MR) is 65.0 cm³/mol. The Kier molecular flexibility index (Phi) is 2.90. The number of nitrogens with two attached hydrogens (primary N) is 1. The molecule has 0 fully saturated rings. The number of rotatable bonds is 3. The summed E-state index contributed by atoms with van der Waals surface area (Å²) in [5.74, 6) is 0.596. The number of nitrogens with one attached hydrogen (secondary N) is 1. The van der Waals surface area contributed by atoms with Crippen LogP contribution in [0.4, 0.5) is 5.82 Å². The van der Waals surface area contributed by atoms with Gasteiger partial charge in [-0.15, -0.1) is 0 Å². The van der Waals surface area contributed by atoms with Crippen molar-refractivity contribution >= 4 is 5.82 Å². The molecule has 0 aliphatic carbocycles. The van der Waals surface area contributed by atoms with Crippen molar-refractivity contribution < 1.29 is 0 Å². The van der Waals surface area contributed by atoms with E-state index in [0.717, 1.165) is 35.2 Å². The van der Waals surface area contributed by atoms with Gasteiger partial charge in [0.05, 0.1) is 5.69 Å². The number of hydrogen-bond acceptors (Lipinski definition) is 3. The van der Waals surface area contributed by atoms with E-state index in [2.05, 4.69) is 28.2 Å². The predicted octanol–water partition coefficient (Wildman–Crippen LogP) is 2.31. The molecule has 0 amide bonds. The van der Waals surface area contributed by atoms with Crippen LogP contribution in [0.1, 0.15) is 24.5 Å². The van der Waals surface area contributed by atoms with Gasteiger partial charge in [0.15, 0.2) is 0 Å². The minimum atomic E-state index is 0.596. The summed E-state index contributed by atoms with van der Waals surface area (Å²) >= 11 is 0. The van der Waals surface area contributed by atoms with Gasteiger partial charge in [-0.1, -0.05) is 13.3 Å². The molecule has 0 unspecified atom stereocenters. The van der Waals surface area contributed by atoms with Gasteiger partial charge in [-0.2, -0.15) is 5.10 Å². The highest BCUT2D eigenvalue weighted by atomic mass is 15.2. The van der Waals surface area contributed by atoms with Crippen LogP contribution in [0.15, 0.2) is 18.5 Å². The van der Waals surface area contributed by atoms with Gasteiger partial charge in [-0.3, -0.25) is 10.1 Å². The maximum Gasteiger partial charge on any atom is 0.149 e. The monoisotopic (exact) mass is 216 g/mol. The quantitative estimate of drug-likeness (QED) is 0.827. The van der Waals surface area contributed by atoms with Gasteiger partial charge in [0.2, 0.25) is 0 Å². The zero-order chi connectivity index (χ0) is 11.5. The Morgan fingerprint density at radius 2 is 2.19 bits per heavy atom. The molecule has 0 saturated carbocycles. The highest BCUT2D eigenvalue weighted by Gasteiger charge is 2.11. The van der Waals surface area contributed by atoms with Crippen molar-refractivity contribution in [1.82, 2.24) is 15.2 Å². The van der Waals surface area contributed by atoms with Crippen molar-refractivity contribution in [2.75, 3.05) is 5.73 Å². The average molecular weight is 216 g/mol. The Balaban J connectivity index is 2.47. The lowest BCUT2D eigenvalue weighted by Crippen LogP contribution is -1.93. The van der Waals surface area contributed by atoms with Crippen LogP contribution in [0.3, 0.4) is 0 Å². The topological polar surface area (TPSA) is 67.6 Å². The number of hydrogen-bond donors (Lipinski definition) is 2. The Morgan fingerprint density at radius 3 is 2.88 bits per heavy atom. The molecule has 3 N–H and O–H groups in total. The van der Waals surface area contributed by atoms with Gasteiger partial charge >= 0.3 is 0 Å². The number of nitrogen functional groups attached to an aromatic ring is 1. The highest BCUT2D eigenvalue weighted by Crippen LogP contribution is 2.26. The number of H-pyrrole nitrogens is 1. The van der Waals surface area contributed by atoms with Crippen LogP contribution in [0, 0.1) is 6.92 Å². The largest absolute Gasteiger partial charge is 0.382 e. The van der Waals surface area contributed by atoms with E-state index in [9.17, 15) is 0 Å². The van der Waals surface area contributed by atoms with E-state index in [1.54, 1.807) is 0 Å². The Morgan fingerprint density at radius 1 is 1.38 bits per heavy atom. The lowest BCUT2D eigenvalue weighted by Gasteiger charge is -2.03. The number of nitrogens with zero attached hydrogens (tertiary/aromatic N) is 2. The van der Waals surface area contributed by atoms with Crippen LogP contribution in [0.2, 0.25) is 0 Å². The molecule has 16 heavy (non-hydrogen) atoms. The second-order valence-electron chi connectivity index (χ2n) is 3.96. The van der Waals surface area contributed by atoms with Crippen molar-refractivity contribution in [2.24, 2.45) is 0 Å². The summed E-state index contributed by atoms with van der Waals surface area (Å²) in [6, 6.07) is 2.08. The second-order valence-corrected chi connectivity index (χ2v) is 3.96. The van der Waals surface area contributed by atoms with Gasteiger partial charge in [-0.25, -0.2) is 0 Å². The van der Waals surface area contributed by atoms with E-state index in [1.807, 2.05) is 19.3 Å². The average Bonchev–Trinajstić information content (AvgIpc) is 2.61. The highest BCUT2D eigenvalue weighted by molar-refractivity contribution is 5.67. The normalized spacial score (nSPS) is 10.6. The van der Waals surface area contributed by atoms with Crippen LogP contribution in [0.5, 0.6) is 0 Å². The van der Waals surface area contributed by atoms with Gasteiger partial charge in [0, 0.05) is 23.5 Å². The molecule has 0 aliphatic rings. The molecular formula is C12H16N4. The Hall–Kier alpha value is -1.84. The zero-order valence-corrected chi connectivity index (χ0v) is 9.62. The van der Waals surface area contributed by atoms with E-state index in [4.69, 9.17) is 5.73 Å². The number of aromatic amines is 1. The number of anilines is 1.